The van der Waals surface area contributed by atoms with Gasteiger partial charge in [-0.3, -0.25) is 9.78 Å². The highest BCUT2D eigenvalue weighted by Gasteiger charge is 2.11. The molecule has 3 aromatic rings. The van der Waals surface area contributed by atoms with Gasteiger partial charge in [-0.15, -0.1) is 10.2 Å². The van der Waals surface area contributed by atoms with Gasteiger partial charge in [0.25, 0.3) is 5.56 Å². The number of aromatic hydroxyl groups is 1. The number of nitrogens with zero attached hydrogens (tertiary/aromatic N) is 5. The summed E-state index contributed by atoms with van der Waals surface area (Å²) in [5.74, 6) is 0.298. The minimum absolute atomic E-state index is 0.0178. The minimum Gasteiger partial charge on any atom is -0.506 e. The molecule has 0 bridgehead atoms. The van der Waals surface area contributed by atoms with E-state index in [1.807, 2.05) is 0 Å². The first-order valence-electron chi connectivity index (χ1n) is 7.06. The third-order valence-corrected chi connectivity index (χ3v) is 4.37. The average molecular weight is 465 g/mol. The fourth-order valence-corrected chi connectivity index (χ4v) is 3.31. The zero-order valence-electron chi connectivity index (χ0n) is 12.9. The van der Waals surface area contributed by atoms with E-state index in [0.717, 1.165) is 9.15 Å². The predicted octanol–water partition coefficient (Wildman–Crippen LogP) is 3.12. The molecular weight excluding hydrogens is 454 g/mol. The number of halogens is 2. The van der Waals surface area contributed by atoms with Gasteiger partial charge in [-0.1, -0.05) is 15.9 Å². The Labute approximate surface area is 159 Å². The van der Waals surface area contributed by atoms with Crippen LogP contribution in [0.15, 0.2) is 55.5 Å². The van der Waals surface area contributed by atoms with Crippen molar-refractivity contribution < 1.29 is 5.11 Å². The molecule has 7 nitrogen and oxygen atoms in total. The number of phenolic OH excluding ortho intramolecular Hbond substituents is 1. The smallest absolute Gasteiger partial charge is 0.296 e. The first-order chi connectivity index (χ1) is 12.0. The summed E-state index contributed by atoms with van der Waals surface area (Å²) in [5.41, 5.74) is 0.904. The van der Waals surface area contributed by atoms with Gasteiger partial charge in [0.05, 0.1) is 10.7 Å². The van der Waals surface area contributed by atoms with Gasteiger partial charge in [0.1, 0.15) is 11.4 Å². The molecule has 0 aliphatic carbocycles. The van der Waals surface area contributed by atoms with Crippen molar-refractivity contribution in [2.45, 2.75) is 6.92 Å². The number of aromatic nitrogens is 4. The van der Waals surface area contributed by atoms with Crippen LogP contribution in [0.1, 0.15) is 11.3 Å². The highest BCUT2D eigenvalue weighted by molar-refractivity contribution is 9.11. The molecule has 0 atom stereocenters. The molecule has 0 spiro atoms. The van der Waals surface area contributed by atoms with Crippen molar-refractivity contribution in [1.82, 2.24) is 19.9 Å². The third-order valence-electron chi connectivity index (χ3n) is 3.31. The van der Waals surface area contributed by atoms with E-state index in [4.69, 9.17) is 0 Å². The lowest BCUT2D eigenvalue weighted by molar-refractivity contribution is 0.471. The molecule has 9 heteroatoms. The van der Waals surface area contributed by atoms with E-state index in [1.54, 1.807) is 43.6 Å². The van der Waals surface area contributed by atoms with Crippen LogP contribution < -0.4 is 5.56 Å². The van der Waals surface area contributed by atoms with E-state index >= 15 is 0 Å². The normalized spacial score (nSPS) is 11.2. The van der Waals surface area contributed by atoms with Crippen LogP contribution in [0.3, 0.4) is 0 Å². The van der Waals surface area contributed by atoms with Crippen LogP contribution in [0, 0.1) is 6.92 Å². The summed E-state index contributed by atoms with van der Waals surface area (Å²) >= 11 is 6.61. The van der Waals surface area contributed by atoms with Crippen LogP contribution in [-0.2, 0) is 0 Å². The summed E-state index contributed by atoms with van der Waals surface area (Å²) in [4.78, 5) is 16.4. The molecule has 1 N–H and O–H groups in total. The molecular formula is C16H11Br2N5O2. The van der Waals surface area contributed by atoms with Crippen molar-refractivity contribution in [3.05, 3.63) is 67.2 Å². The Morgan fingerprint density at radius 2 is 1.92 bits per heavy atom. The summed E-state index contributed by atoms with van der Waals surface area (Å²) in [6.45, 7) is 1.56. The standard InChI is InChI=1S/C16H11Br2N5O2/c1-9-16(25)23(15(22-21-9)10-2-4-19-5-3-10)20-8-11-6-12(17)7-13(18)14(11)24/h2-8,24H,1H3/b20-8+. The lowest BCUT2D eigenvalue weighted by Crippen LogP contribution is -2.24. The first kappa shape index (κ1) is 17.4. The van der Waals surface area contributed by atoms with Crippen LogP contribution in [0.25, 0.3) is 11.4 Å². The van der Waals surface area contributed by atoms with Gasteiger partial charge in [-0.05, 0) is 47.1 Å². The lowest BCUT2D eigenvalue weighted by atomic mass is 10.2. The van der Waals surface area contributed by atoms with Gasteiger partial charge in [0, 0.05) is 28.0 Å². The average Bonchev–Trinajstić information content (AvgIpc) is 2.60. The summed E-state index contributed by atoms with van der Waals surface area (Å²) < 4.78 is 2.41. The van der Waals surface area contributed by atoms with Crippen LogP contribution in [0.5, 0.6) is 5.75 Å². The largest absolute Gasteiger partial charge is 0.506 e. The number of pyridine rings is 1. The zero-order chi connectivity index (χ0) is 18.0. The maximum Gasteiger partial charge on any atom is 0.296 e. The van der Waals surface area contributed by atoms with Gasteiger partial charge in [-0.2, -0.15) is 9.78 Å². The van der Waals surface area contributed by atoms with Crippen molar-refractivity contribution in [3.63, 3.8) is 0 Å². The number of hydrogen-bond acceptors (Lipinski definition) is 6. The van der Waals surface area contributed by atoms with E-state index < -0.39 is 5.56 Å². The Hall–Kier alpha value is -2.39. The van der Waals surface area contributed by atoms with Gasteiger partial charge in [0.2, 0.25) is 0 Å². The van der Waals surface area contributed by atoms with Crippen molar-refractivity contribution in [2.24, 2.45) is 5.10 Å². The summed E-state index contributed by atoms with van der Waals surface area (Å²) in [6.07, 6.45) is 4.57. The molecule has 0 saturated carbocycles. The SMILES string of the molecule is Cc1nnc(-c2ccncc2)n(/N=C/c2cc(Br)cc(Br)c2O)c1=O. The Bertz CT molecular complexity index is 1020. The second-order valence-corrected chi connectivity index (χ2v) is 6.80. The molecule has 0 unspecified atom stereocenters. The van der Waals surface area contributed by atoms with E-state index in [0.29, 0.717) is 15.6 Å². The fraction of sp³-hybridized carbons (Fsp3) is 0.0625. The highest BCUT2D eigenvalue weighted by Crippen LogP contribution is 2.30. The van der Waals surface area contributed by atoms with E-state index in [-0.39, 0.29) is 17.3 Å². The highest BCUT2D eigenvalue weighted by atomic mass is 79.9. The van der Waals surface area contributed by atoms with E-state index in [1.165, 1.54) is 6.21 Å². The lowest BCUT2D eigenvalue weighted by Gasteiger charge is -2.07. The van der Waals surface area contributed by atoms with Gasteiger partial charge < -0.3 is 5.11 Å². The van der Waals surface area contributed by atoms with Crippen LogP contribution in [-0.4, -0.2) is 31.2 Å². The molecule has 25 heavy (non-hydrogen) atoms. The van der Waals surface area contributed by atoms with Crippen molar-refractivity contribution in [3.8, 4) is 17.1 Å². The molecule has 2 aromatic heterocycles. The van der Waals surface area contributed by atoms with E-state index in [9.17, 15) is 9.90 Å². The van der Waals surface area contributed by atoms with Crippen molar-refractivity contribution in [1.29, 1.82) is 0 Å². The number of aryl methyl sites for hydroxylation is 1. The molecule has 1 aromatic carbocycles. The molecule has 126 valence electrons. The Kier molecular flexibility index (Phi) is 5.05. The summed E-state index contributed by atoms with van der Waals surface area (Å²) in [7, 11) is 0. The topological polar surface area (TPSA) is 93.3 Å². The Morgan fingerprint density at radius 3 is 2.64 bits per heavy atom. The predicted molar refractivity (Wildman–Crippen MR) is 101 cm³/mol. The zero-order valence-corrected chi connectivity index (χ0v) is 16.1. The number of rotatable bonds is 3. The monoisotopic (exact) mass is 463 g/mol. The van der Waals surface area contributed by atoms with Crippen LogP contribution in [0.2, 0.25) is 0 Å². The first-order valence-corrected chi connectivity index (χ1v) is 8.65. The van der Waals surface area contributed by atoms with Crippen LogP contribution in [0.4, 0.5) is 0 Å². The van der Waals surface area contributed by atoms with Gasteiger partial charge in [-0.25, -0.2) is 0 Å². The summed E-state index contributed by atoms with van der Waals surface area (Å²) in [6, 6.07) is 6.80. The Balaban J connectivity index is 2.15. The molecule has 0 aliphatic heterocycles. The molecule has 0 radical (unpaired) electrons. The molecule has 0 saturated heterocycles. The van der Waals surface area contributed by atoms with Crippen LogP contribution >= 0.6 is 31.9 Å². The molecule has 0 aliphatic rings. The number of hydrogen-bond donors (Lipinski definition) is 1. The fourth-order valence-electron chi connectivity index (χ4n) is 2.05. The molecule has 0 amide bonds. The van der Waals surface area contributed by atoms with E-state index in [2.05, 4.69) is 52.1 Å². The van der Waals surface area contributed by atoms with Crippen molar-refractivity contribution in [2.75, 3.05) is 0 Å². The van der Waals surface area contributed by atoms with Gasteiger partial charge in [0.15, 0.2) is 5.82 Å². The van der Waals surface area contributed by atoms with Gasteiger partial charge >= 0.3 is 0 Å². The Morgan fingerprint density at radius 1 is 1.20 bits per heavy atom. The molecule has 2 heterocycles. The second-order valence-electron chi connectivity index (χ2n) is 5.03. The second kappa shape index (κ2) is 7.24. The number of benzene rings is 1. The number of phenols is 1. The maximum absolute atomic E-state index is 12.5. The third kappa shape index (κ3) is 3.67. The summed E-state index contributed by atoms with van der Waals surface area (Å²) in [5, 5.41) is 22.3. The molecule has 3 rings (SSSR count). The minimum atomic E-state index is -0.397. The quantitative estimate of drug-likeness (QED) is 0.601. The maximum atomic E-state index is 12.5. The van der Waals surface area contributed by atoms with Crippen molar-refractivity contribution >= 4 is 38.1 Å². The molecule has 0 fully saturated rings.